The van der Waals surface area contributed by atoms with Gasteiger partial charge in [-0.1, -0.05) is 24.4 Å². The van der Waals surface area contributed by atoms with E-state index in [0.717, 1.165) is 30.8 Å². The van der Waals surface area contributed by atoms with Gasteiger partial charge >= 0.3 is 0 Å². The van der Waals surface area contributed by atoms with Gasteiger partial charge in [0.2, 0.25) is 15.0 Å². The summed E-state index contributed by atoms with van der Waals surface area (Å²) in [4.78, 5) is 6.58. The second kappa shape index (κ2) is 8.60. The Morgan fingerprint density at radius 3 is 2.62 bits per heavy atom. The number of rotatable bonds is 9. The fourth-order valence-corrected chi connectivity index (χ4v) is 6.16. The van der Waals surface area contributed by atoms with E-state index in [2.05, 4.69) is 22.0 Å². The van der Waals surface area contributed by atoms with E-state index in [0.29, 0.717) is 18.4 Å². The topological polar surface area (TPSA) is 81.2 Å². The number of sulfone groups is 1. The summed E-state index contributed by atoms with van der Waals surface area (Å²) in [5.41, 5.74) is 1.83. The van der Waals surface area contributed by atoms with Crippen LogP contribution in [-0.2, 0) is 22.9 Å². The highest BCUT2D eigenvalue weighted by Gasteiger charge is 2.33. The van der Waals surface area contributed by atoms with Crippen LogP contribution in [0.4, 0.5) is 0 Å². The molecule has 0 spiro atoms. The Bertz CT molecular complexity index is 897. The van der Waals surface area contributed by atoms with Gasteiger partial charge < -0.3 is 9.09 Å². The lowest BCUT2D eigenvalue weighted by Gasteiger charge is -2.26. The molecule has 2 aromatic rings. The van der Waals surface area contributed by atoms with Crippen molar-refractivity contribution in [2.45, 2.75) is 76.2 Å². The average molecular weight is 421 g/mol. The molecular weight excluding hydrogens is 388 g/mol. The van der Waals surface area contributed by atoms with Crippen molar-refractivity contribution < 1.29 is 12.9 Å². The molecule has 29 heavy (non-hydrogen) atoms. The zero-order valence-electron chi connectivity index (χ0n) is 17.5. The number of imidazole rings is 1. The maximum Gasteiger partial charge on any atom is 0.227 e. The molecule has 0 radical (unpaired) electrons. The predicted molar refractivity (Wildman–Crippen MR) is 110 cm³/mol. The van der Waals surface area contributed by atoms with Crippen LogP contribution in [0, 0.1) is 11.8 Å². The minimum atomic E-state index is -3.35. The van der Waals surface area contributed by atoms with E-state index in [1.165, 1.54) is 32.1 Å². The first-order valence-electron chi connectivity index (χ1n) is 10.8. The number of aromatic nitrogens is 3. The molecule has 1 unspecified atom stereocenters. The first kappa shape index (κ1) is 20.6. The summed E-state index contributed by atoms with van der Waals surface area (Å²) in [7, 11) is -1.33. The molecule has 2 heterocycles. The fourth-order valence-electron chi connectivity index (χ4n) is 4.31. The SMILES string of the molecule is CC(c1ccon1)N(C)Cc1cnc(S(=O)(=O)CC2CC2)n1CC1CCCCC1. The molecule has 0 aromatic carbocycles. The van der Waals surface area contributed by atoms with E-state index in [4.69, 9.17) is 4.52 Å². The number of nitrogens with zero attached hydrogens (tertiary/aromatic N) is 4. The maximum atomic E-state index is 13.0. The fraction of sp³-hybridized carbons (Fsp3) is 0.714. The van der Waals surface area contributed by atoms with E-state index in [1.54, 1.807) is 12.5 Å². The van der Waals surface area contributed by atoms with Gasteiger partial charge in [0.25, 0.3) is 0 Å². The third-order valence-corrected chi connectivity index (χ3v) is 8.25. The molecule has 2 aliphatic carbocycles. The Balaban J connectivity index is 1.58. The lowest BCUT2D eigenvalue weighted by atomic mass is 9.89. The van der Waals surface area contributed by atoms with Gasteiger partial charge in [-0.15, -0.1) is 0 Å². The quantitative estimate of drug-likeness (QED) is 0.613. The van der Waals surface area contributed by atoms with Crippen LogP contribution in [0.15, 0.2) is 28.2 Å². The normalized spacial score (nSPS) is 19.7. The van der Waals surface area contributed by atoms with Crippen LogP contribution in [0.25, 0.3) is 0 Å². The van der Waals surface area contributed by atoms with Crippen LogP contribution in [0.3, 0.4) is 0 Å². The van der Waals surface area contributed by atoms with Gasteiger partial charge in [0, 0.05) is 19.2 Å². The van der Waals surface area contributed by atoms with Crippen molar-refractivity contribution in [3.63, 3.8) is 0 Å². The minimum Gasteiger partial charge on any atom is -0.364 e. The molecule has 1 atom stereocenters. The summed E-state index contributed by atoms with van der Waals surface area (Å²) >= 11 is 0. The zero-order chi connectivity index (χ0) is 20.4. The van der Waals surface area contributed by atoms with Gasteiger partial charge in [-0.05, 0) is 51.5 Å². The summed E-state index contributed by atoms with van der Waals surface area (Å²) in [5.74, 6) is 1.09. The molecule has 2 aromatic heterocycles. The zero-order valence-corrected chi connectivity index (χ0v) is 18.3. The van der Waals surface area contributed by atoms with Gasteiger partial charge in [-0.2, -0.15) is 0 Å². The Kier molecular flexibility index (Phi) is 6.11. The van der Waals surface area contributed by atoms with Crippen molar-refractivity contribution in [1.29, 1.82) is 0 Å². The van der Waals surface area contributed by atoms with E-state index in [9.17, 15) is 8.42 Å². The molecular formula is C21H32N4O3S. The molecule has 0 saturated heterocycles. The highest BCUT2D eigenvalue weighted by Crippen LogP contribution is 2.33. The monoisotopic (exact) mass is 420 g/mol. The van der Waals surface area contributed by atoms with Crippen LogP contribution in [0.5, 0.6) is 0 Å². The molecule has 0 bridgehead atoms. The second-order valence-electron chi connectivity index (χ2n) is 8.89. The third kappa shape index (κ3) is 4.91. The summed E-state index contributed by atoms with van der Waals surface area (Å²) in [5, 5.41) is 4.31. The molecule has 8 heteroatoms. The Morgan fingerprint density at radius 2 is 1.97 bits per heavy atom. The summed E-state index contributed by atoms with van der Waals surface area (Å²) in [6.45, 7) is 3.44. The lowest BCUT2D eigenvalue weighted by Crippen LogP contribution is -2.26. The van der Waals surface area contributed by atoms with Gasteiger partial charge in [0.05, 0.1) is 23.7 Å². The van der Waals surface area contributed by atoms with Crippen molar-refractivity contribution in [3.8, 4) is 0 Å². The van der Waals surface area contributed by atoms with E-state index < -0.39 is 9.84 Å². The molecule has 160 valence electrons. The largest absolute Gasteiger partial charge is 0.364 e. The standard InChI is InChI=1S/C21H32N4O3S/c1-16(20-10-11-28-23-20)24(2)14-19-12-22-21(29(26,27)15-18-8-9-18)25(19)13-17-6-4-3-5-7-17/h10-12,16-18H,3-9,13-15H2,1-2H3. The molecule has 2 aliphatic rings. The van der Waals surface area contributed by atoms with Crippen molar-refractivity contribution in [2.75, 3.05) is 12.8 Å². The molecule has 0 amide bonds. The Labute approximate surface area is 173 Å². The smallest absolute Gasteiger partial charge is 0.227 e. The highest BCUT2D eigenvalue weighted by molar-refractivity contribution is 7.91. The molecule has 4 rings (SSSR count). The molecule has 0 aliphatic heterocycles. The van der Waals surface area contributed by atoms with Crippen molar-refractivity contribution >= 4 is 9.84 Å². The second-order valence-corrected chi connectivity index (χ2v) is 10.8. The molecule has 7 nitrogen and oxygen atoms in total. The van der Waals surface area contributed by atoms with Crippen LogP contribution < -0.4 is 0 Å². The first-order valence-corrected chi connectivity index (χ1v) is 12.5. The average Bonchev–Trinajstić information content (AvgIpc) is 3.18. The van der Waals surface area contributed by atoms with E-state index in [-0.39, 0.29) is 17.0 Å². The van der Waals surface area contributed by atoms with Crippen LogP contribution in [0.1, 0.15) is 69.3 Å². The van der Waals surface area contributed by atoms with Gasteiger partial charge in [0.15, 0.2) is 0 Å². The van der Waals surface area contributed by atoms with Crippen LogP contribution in [0.2, 0.25) is 0 Å². The maximum absolute atomic E-state index is 13.0. The molecule has 0 N–H and O–H groups in total. The summed E-state index contributed by atoms with van der Waals surface area (Å²) < 4.78 is 33.1. The predicted octanol–water partition coefficient (Wildman–Crippen LogP) is 3.83. The van der Waals surface area contributed by atoms with Crippen LogP contribution >= 0.6 is 0 Å². The number of hydrogen-bond acceptors (Lipinski definition) is 6. The van der Waals surface area contributed by atoms with Crippen molar-refractivity contribution in [1.82, 2.24) is 19.6 Å². The first-order chi connectivity index (χ1) is 13.9. The lowest BCUT2D eigenvalue weighted by molar-refractivity contribution is 0.229. The van der Waals surface area contributed by atoms with E-state index >= 15 is 0 Å². The van der Waals surface area contributed by atoms with E-state index in [1.807, 2.05) is 17.7 Å². The van der Waals surface area contributed by atoms with Gasteiger partial charge in [0.1, 0.15) is 12.0 Å². The van der Waals surface area contributed by atoms with Gasteiger partial charge in [-0.3, -0.25) is 4.90 Å². The minimum absolute atomic E-state index is 0.0679. The molecule has 2 saturated carbocycles. The third-order valence-electron chi connectivity index (χ3n) is 6.46. The molecule has 2 fully saturated rings. The highest BCUT2D eigenvalue weighted by atomic mass is 32.2. The van der Waals surface area contributed by atoms with Crippen molar-refractivity contribution in [2.24, 2.45) is 11.8 Å². The summed E-state index contributed by atoms with van der Waals surface area (Å²) in [6, 6.07) is 1.93. The Morgan fingerprint density at radius 1 is 1.21 bits per heavy atom. The van der Waals surface area contributed by atoms with Crippen LogP contribution in [-0.4, -0.2) is 40.8 Å². The van der Waals surface area contributed by atoms with Crippen molar-refractivity contribution in [3.05, 3.63) is 29.9 Å². The Hall–Kier alpha value is -1.67. The van der Waals surface area contributed by atoms with Gasteiger partial charge in [-0.25, -0.2) is 13.4 Å². The summed E-state index contributed by atoms with van der Waals surface area (Å²) in [6.07, 6.45) is 11.5. The number of hydrogen-bond donors (Lipinski definition) is 0.